The topological polar surface area (TPSA) is 64.7 Å². The fourth-order valence-corrected chi connectivity index (χ4v) is 4.16. The number of urea groups is 2. The maximum absolute atomic E-state index is 12.6. The lowest BCUT2D eigenvalue weighted by atomic mass is 9.99. The summed E-state index contributed by atoms with van der Waals surface area (Å²) in [7, 11) is 0. The SMILES string of the molecule is O=C(NC(=O)N1CCCCC1CCN1CCCC1)Nc1cc(Cl)ccc1Cl. The molecule has 0 saturated carbocycles. The zero-order valence-corrected chi connectivity index (χ0v) is 16.9. The molecule has 27 heavy (non-hydrogen) atoms. The molecule has 2 aliphatic rings. The Labute approximate surface area is 170 Å². The molecule has 2 aliphatic heterocycles. The number of imide groups is 1. The highest BCUT2D eigenvalue weighted by Gasteiger charge is 2.28. The summed E-state index contributed by atoms with van der Waals surface area (Å²) >= 11 is 12.0. The largest absolute Gasteiger partial charge is 0.327 e. The summed E-state index contributed by atoms with van der Waals surface area (Å²) in [6, 6.07) is 4.01. The van der Waals surface area contributed by atoms with Crippen molar-refractivity contribution in [1.29, 1.82) is 0 Å². The monoisotopic (exact) mass is 412 g/mol. The van der Waals surface area contributed by atoms with Crippen LogP contribution >= 0.6 is 23.2 Å². The molecule has 2 N–H and O–H groups in total. The number of nitrogens with one attached hydrogen (secondary N) is 2. The number of carbonyl (C=O) groups is 2. The van der Waals surface area contributed by atoms with E-state index in [-0.39, 0.29) is 12.1 Å². The number of piperidine rings is 1. The molecule has 1 unspecified atom stereocenters. The molecule has 6 nitrogen and oxygen atoms in total. The van der Waals surface area contributed by atoms with Crippen molar-refractivity contribution in [3.63, 3.8) is 0 Å². The number of anilines is 1. The summed E-state index contributed by atoms with van der Waals surface area (Å²) in [6.07, 6.45) is 6.56. The Kier molecular flexibility index (Phi) is 7.21. The van der Waals surface area contributed by atoms with Gasteiger partial charge in [0.1, 0.15) is 0 Å². The number of carbonyl (C=O) groups excluding carboxylic acids is 2. The van der Waals surface area contributed by atoms with Crippen LogP contribution in [-0.4, -0.2) is 54.1 Å². The van der Waals surface area contributed by atoms with Gasteiger partial charge in [-0.3, -0.25) is 5.32 Å². The molecule has 0 radical (unpaired) electrons. The van der Waals surface area contributed by atoms with Crippen LogP contribution in [-0.2, 0) is 0 Å². The van der Waals surface area contributed by atoms with Gasteiger partial charge in [-0.15, -0.1) is 0 Å². The highest BCUT2D eigenvalue weighted by Crippen LogP contribution is 2.25. The first-order valence-electron chi connectivity index (χ1n) is 9.59. The molecule has 1 atom stereocenters. The Bertz CT molecular complexity index is 680. The summed E-state index contributed by atoms with van der Waals surface area (Å²) < 4.78 is 0. The van der Waals surface area contributed by atoms with Crippen LogP contribution in [0.4, 0.5) is 15.3 Å². The number of nitrogens with zero attached hydrogens (tertiary/aromatic N) is 2. The van der Waals surface area contributed by atoms with E-state index in [4.69, 9.17) is 23.2 Å². The number of rotatable bonds is 4. The Morgan fingerprint density at radius 2 is 1.81 bits per heavy atom. The van der Waals surface area contributed by atoms with Crippen molar-refractivity contribution in [2.45, 2.75) is 44.6 Å². The first kappa shape index (κ1) is 20.2. The third-order valence-corrected chi connectivity index (χ3v) is 5.83. The Morgan fingerprint density at radius 1 is 1.07 bits per heavy atom. The molecule has 0 bridgehead atoms. The second-order valence-electron chi connectivity index (χ2n) is 7.19. The molecule has 1 aromatic carbocycles. The van der Waals surface area contributed by atoms with E-state index in [0.29, 0.717) is 22.3 Å². The van der Waals surface area contributed by atoms with E-state index >= 15 is 0 Å². The molecule has 3 rings (SSSR count). The second-order valence-corrected chi connectivity index (χ2v) is 8.03. The standard InChI is InChI=1S/C19H26Cl2N4O2/c20-14-6-7-16(21)17(13-14)22-18(26)23-19(27)25-11-2-1-5-15(25)8-12-24-9-3-4-10-24/h6-7,13,15H,1-5,8-12H2,(H2,22,23,26,27). The van der Waals surface area contributed by atoms with Gasteiger partial charge in [-0.2, -0.15) is 0 Å². The molecule has 8 heteroatoms. The van der Waals surface area contributed by atoms with E-state index in [1.807, 2.05) is 0 Å². The van der Waals surface area contributed by atoms with Gasteiger partial charge in [0.25, 0.3) is 0 Å². The van der Waals surface area contributed by atoms with E-state index in [2.05, 4.69) is 15.5 Å². The summed E-state index contributed by atoms with van der Waals surface area (Å²) in [5, 5.41) is 5.84. The normalized spacial score (nSPS) is 20.5. The smallest absolute Gasteiger partial charge is 0.321 e. The van der Waals surface area contributed by atoms with Crippen molar-refractivity contribution in [2.24, 2.45) is 0 Å². The molecule has 0 spiro atoms. The summed E-state index contributed by atoms with van der Waals surface area (Å²) in [6.45, 7) is 4.00. The highest BCUT2D eigenvalue weighted by molar-refractivity contribution is 6.35. The van der Waals surface area contributed by atoms with Crippen molar-refractivity contribution in [3.8, 4) is 0 Å². The zero-order valence-electron chi connectivity index (χ0n) is 15.3. The van der Waals surface area contributed by atoms with Crippen molar-refractivity contribution in [3.05, 3.63) is 28.2 Å². The number of likely N-dealkylation sites (tertiary alicyclic amines) is 2. The molecule has 0 aliphatic carbocycles. The van der Waals surface area contributed by atoms with Crippen LogP contribution in [0.15, 0.2) is 18.2 Å². The van der Waals surface area contributed by atoms with E-state index in [9.17, 15) is 9.59 Å². The van der Waals surface area contributed by atoms with E-state index in [1.165, 1.54) is 12.8 Å². The van der Waals surface area contributed by atoms with Gasteiger partial charge in [0.2, 0.25) is 0 Å². The van der Waals surface area contributed by atoms with Crippen LogP contribution in [0.25, 0.3) is 0 Å². The van der Waals surface area contributed by atoms with Crippen LogP contribution in [0.3, 0.4) is 0 Å². The molecule has 2 heterocycles. The van der Waals surface area contributed by atoms with E-state index in [0.717, 1.165) is 45.3 Å². The summed E-state index contributed by atoms with van der Waals surface area (Å²) in [5.74, 6) is 0. The highest BCUT2D eigenvalue weighted by atomic mass is 35.5. The number of hydrogen-bond donors (Lipinski definition) is 2. The van der Waals surface area contributed by atoms with Crippen molar-refractivity contribution in [2.75, 3.05) is 31.5 Å². The number of benzene rings is 1. The van der Waals surface area contributed by atoms with Crippen LogP contribution in [0.5, 0.6) is 0 Å². The van der Waals surface area contributed by atoms with Crippen LogP contribution in [0.2, 0.25) is 10.0 Å². The van der Waals surface area contributed by atoms with Crippen molar-refractivity contribution >= 4 is 41.0 Å². The third kappa shape index (κ3) is 5.74. The fourth-order valence-electron chi connectivity index (χ4n) is 3.82. The lowest BCUT2D eigenvalue weighted by Crippen LogP contribution is -2.51. The lowest BCUT2D eigenvalue weighted by molar-refractivity contribution is 0.140. The maximum atomic E-state index is 12.6. The maximum Gasteiger partial charge on any atom is 0.327 e. The average Bonchev–Trinajstić information content (AvgIpc) is 3.17. The molecule has 0 aromatic heterocycles. The molecule has 2 saturated heterocycles. The van der Waals surface area contributed by atoms with Gasteiger partial charge in [0.05, 0.1) is 10.7 Å². The van der Waals surface area contributed by atoms with Crippen LogP contribution in [0, 0.1) is 0 Å². The van der Waals surface area contributed by atoms with E-state index in [1.54, 1.807) is 23.1 Å². The molecule has 4 amide bonds. The van der Waals surface area contributed by atoms with Crippen LogP contribution in [0.1, 0.15) is 38.5 Å². The molecule has 2 fully saturated rings. The van der Waals surface area contributed by atoms with E-state index < -0.39 is 6.03 Å². The lowest BCUT2D eigenvalue weighted by Gasteiger charge is -2.36. The molecule has 1 aromatic rings. The number of amides is 4. The minimum atomic E-state index is -0.604. The van der Waals surface area contributed by atoms with Crippen molar-refractivity contribution in [1.82, 2.24) is 15.1 Å². The molecular weight excluding hydrogens is 387 g/mol. The minimum absolute atomic E-state index is 0.182. The van der Waals surface area contributed by atoms with Gasteiger partial charge < -0.3 is 15.1 Å². The second kappa shape index (κ2) is 9.62. The van der Waals surface area contributed by atoms with Gasteiger partial charge in [-0.25, -0.2) is 9.59 Å². The Hall–Kier alpha value is -1.50. The van der Waals surface area contributed by atoms with Gasteiger partial charge in [-0.05, 0) is 69.8 Å². The molecule has 148 valence electrons. The third-order valence-electron chi connectivity index (χ3n) is 5.26. The number of halogens is 2. The summed E-state index contributed by atoms with van der Waals surface area (Å²) in [5.41, 5.74) is 0.374. The van der Waals surface area contributed by atoms with Gasteiger partial charge in [0, 0.05) is 24.2 Å². The predicted molar refractivity (Wildman–Crippen MR) is 109 cm³/mol. The fraction of sp³-hybridized carbons (Fsp3) is 0.579. The average molecular weight is 413 g/mol. The van der Waals surface area contributed by atoms with Crippen molar-refractivity contribution < 1.29 is 9.59 Å². The Morgan fingerprint density at radius 3 is 2.59 bits per heavy atom. The molecular formula is C19H26Cl2N4O2. The first-order valence-corrected chi connectivity index (χ1v) is 10.3. The Balaban J connectivity index is 1.54. The zero-order chi connectivity index (χ0) is 19.2. The van der Waals surface area contributed by atoms with Gasteiger partial charge in [0.15, 0.2) is 0 Å². The quantitative estimate of drug-likeness (QED) is 0.760. The number of hydrogen-bond acceptors (Lipinski definition) is 3. The van der Waals surface area contributed by atoms with Gasteiger partial charge in [-0.1, -0.05) is 23.2 Å². The predicted octanol–water partition coefficient (Wildman–Crippen LogP) is 4.58. The van der Waals surface area contributed by atoms with Gasteiger partial charge >= 0.3 is 12.1 Å². The minimum Gasteiger partial charge on any atom is -0.321 e. The summed E-state index contributed by atoms with van der Waals surface area (Å²) in [4.78, 5) is 29.1. The first-order chi connectivity index (χ1) is 13.0. The van der Waals surface area contributed by atoms with Crippen LogP contribution < -0.4 is 10.6 Å².